The SMILES string of the molecule is Cc1nc([C@H]2CCCN2C(=O)[C@@H]2Cc3ccccc3S2)no1. The van der Waals surface area contributed by atoms with E-state index in [1.165, 1.54) is 10.5 Å². The van der Waals surface area contributed by atoms with E-state index in [9.17, 15) is 4.79 Å². The van der Waals surface area contributed by atoms with Crippen LogP contribution in [0.15, 0.2) is 33.7 Å². The second-order valence-corrected chi connectivity index (χ2v) is 7.02. The lowest BCUT2D eigenvalue weighted by atomic mass is 10.1. The number of benzene rings is 1. The van der Waals surface area contributed by atoms with Crippen LogP contribution in [0.25, 0.3) is 0 Å². The van der Waals surface area contributed by atoms with Crippen molar-refractivity contribution in [3.63, 3.8) is 0 Å². The fraction of sp³-hybridized carbons (Fsp3) is 0.438. The van der Waals surface area contributed by atoms with Gasteiger partial charge in [0, 0.05) is 18.4 Å². The Bertz CT molecular complexity index is 690. The highest BCUT2D eigenvalue weighted by Gasteiger charge is 2.38. The number of carbonyl (C=O) groups is 1. The Morgan fingerprint density at radius 2 is 2.27 bits per heavy atom. The van der Waals surface area contributed by atoms with Gasteiger partial charge in [0.05, 0.1) is 11.3 Å². The maximum absolute atomic E-state index is 12.9. The van der Waals surface area contributed by atoms with E-state index in [4.69, 9.17) is 4.52 Å². The molecule has 3 heterocycles. The summed E-state index contributed by atoms with van der Waals surface area (Å²) < 4.78 is 5.08. The highest BCUT2D eigenvalue weighted by Crippen LogP contribution is 2.40. The first-order valence-corrected chi connectivity index (χ1v) is 8.45. The second kappa shape index (κ2) is 5.43. The van der Waals surface area contributed by atoms with E-state index in [1.54, 1.807) is 18.7 Å². The summed E-state index contributed by atoms with van der Waals surface area (Å²) in [5, 5.41) is 3.99. The number of hydrogen-bond acceptors (Lipinski definition) is 5. The molecule has 22 heavy (non-hydrogen) atoms. The number of hydrogen-bond donors (Lipinski definition) is 0. The first-order valence-electron chi connectivity index (χ1n) is 7.57. The van der Waals surface area contributed by atoms with Crippen molar-refractivity contribution in [2.45, 2.75) is 42.4 Å². The minimum atomic E-state index is -0.0331. The van der Waals surface area contributed by atoms with E-state index in [2.05, 4.69) is 22.3 Å². The Morgan fingerprint density at radius 1 is 1.41 bits per heavy atom. The predicted octanol–water partition coefficient (Wildman–Crippen LogP) is 2.76. The van der Waals surface area contributed by atoms with E-state index in [-0.39, 0.29) is 17.2 Å². The van der Waals surface area contributed by atoms with Crippen molar-refractivity contribution < 1.29 is 9.32 Å². The number of nitrogens with zero attached hydrogens (tertiary/aromatic N) is 3. The molecule has 0 unspecified atom stereocenters. The molecule has 0 radical (unpaired) electrons. The van der Waals surface area contributed by atoms with Crippen LogP contribution in [0.4, 0.5) is 0 Å². The standard InChI is InChI=1S/C16H17N3O2S/c1-10-17-15(18-21-10)12-6-4-8-19(12)16(20)14-9-11-5-2-3-7-13(11)22-14/h2-3,5,7,12,14H,4,6,8-9H2,1H3/t12-,14+/m1/s1. The molecule has 2 aliphatic rings. The van der Waals surface area contributed by atoms with Crippen molar-refractivity contribution in [3.8, 4) is 0 Å². The van der Waals surface area contributed by atoms with Gasteiger partial charge < -0.3 is 9.42 Å². The van der Waals surface area contributed by atoms with Gasteiger partial charge in [0.2, 0.25) is 11.8 Å². The van der Waals surface area contributed by atoms with Gasteiger partial charge in [0.15, 0.2) is 5.82 Å². The van der Waals surface area contributed by atoms with Crippen LogP contribution in [-0.4, -0.2) is 32.7 Å². The van der Waals surface area contributed by atoms with E-state index < -0.39 is 0 Å². The van der Waals surface area contributed by atoms with Gasteiger partial charge in [0.1, 0.15) is 0 Å². The van der Waals surface area contributed by atoms with Gasteiger partial charge in [-0.1, -0.05) is 23.4 Å². The van der Waals surface area contributed by atoms with Crippen LogP contribution >= 0.6 is 11.8 Å². The number of likely N-dealkylation sites (tertiary alicyclic amines) is 1. The Hall–Kier alpha value is -1.82. The van der Waals surface area contributed by atoms with Gasteiger partial charge in [-0.2, -0.15) is 4.98 Å². The fourth-order valence-electron chi connectivity index (χ4n) is 3.25. The summed E-state index contributed by atoms with van der Waals surface area (Å²) >= 11 is 1.68. The lowest BCUT2D eigenvalue weighted by Crippen LogP contribution is -2.37. The Morgan fingerprint density at radius 3 is 3.05 bits per heavy atom. The maximum atomic E-state index is 12.9. The van der Waals surface area contributed by atoms with Gasteiger partial charge in [-0.05, 0) is 30.9 Å². The largest absolute Gasteiger partial charge is 0.340 e. The minimum absolute atomic E-state index is 0.0222. The number of thioether (sulfide) groups is 1. The summed E-state index contributed by atoms with van der Waals surface area (Å²) in [7, 11) is 0. The number of amides is 1. The van der Waals surface area contributed by atoms with Crippen molar-refractivity contribution in [1.29, 1.82) is 0 Å². The normalized spacial score (nSPS) is 23.8. The smallest absolute Gasteiger partial charge is 0.237 e. The number of fused-ring (bicyclic) bond motifs is 1. The van der Waals surface area contributed by atoms with E-state index in [0.717, 1.165) is 25.8 Å². The second-order valence-electron chi connectivity index (χ2n) is 5.78. The first kappa shape index (κ1) is 13.8. The fourth-order valence-corrected chi connectivity index (χ4v) is 4.52. The van der Waals surface area contributed by atoms with Gasteiger partial charge in [0.25, 0.3) is 0 Å². The summed E-state index contributed by atoms with van der Waals surface area (Å²) in [5.41, 5.74) is 1.28. The van der Waals surface area contributed by atoms with Gasteiger partial charge in [-0.3, -0.25) is 4.79 Å². The van der Waals surface area contributed by atoms with Gasteiger partial charge >= 0.3 is 0 Å². The van der Waals surface area contributed by atoms with E-state index in [1.807, 2.05) is 17.0 Å². The molecule has 5 nitrogen and oxygen atoms in total. The van der Waals surface area contributed by atoms with Crippen LogP contribution < -0.4 is 0 Å². The van der Waals surface area contributed by atoms with E-state index in [0.29, 0.717) is 11.7 Å². The third-order valence-corrected chi connectivity index (χ3v) is 5.60. The van der Waals surface area contributed by atoms with Crippen LogP contribution in [0, 0.1) is 6.92 Å². The molecule has 0 aliphatic carbocycles. The molecule has 6 heteroatoms. The number of aromatic nitrogens is 2. The molecule has 0 spiro atoms. The summed E-state index contributed by atoms with van der Waals surface area (Å²) in [6, 6.07) is 8.23. The molecule has 1 aromatic carbocycles. The average Bonchev–Trinajstić information content (AvgIpc) is 3.24. The van der Waals surface area contributed by atoms with Gasteiger partial charge in [-0.15, -0.1) is 11.8 Å². The van der Waals surface area contributed by atoms with Gasteiger partial charge in [-0.25, -0.2) is 0 Å². The van der Waals surface area contributed by atoms with Crippen molar-refractivity contribution in [2.24, 2.45) is 0 Å². The first-order chi connectivity index (χ1) is 10.7. The third kappa shape index (κ3) is 2.31. The summed E-state index contributed by atoms with van der Waals surface area (Å²) in [6.45, 7) is 2.56. The summed E-state index contributed by atoms with van der Waals surface area (Å²) in [5.74, 6) is 1.40. The summed E-state index contributed by atoms with van der Waals surface area (Å²) in [4.78, 5) is 20.4. The molecule has 4 rings (SSSR count). The molecule has 2 aliphatic heterocycles. The Balaban J connectivity index is 1.53. The number of aryl methyl sites for hydroxylation is 1. The zero-order chi connectivity index (χ0) is 15.1. The molecule has 2 aromatic rings. The molecule has 1 amide bonds. The molecule has 114 valence electrons. The topological polar surface area (TPSA) is 59.2 Å². The molecule has 1 fully saturated rings. The minimum Gasteiger partial charge on any atom is -0.340 e. The molecule has 0 bridgehead atoms. The maximum Gasteiger partial charge on any atom is 0.237 e. The number of carbonyl (C=O) groups excluding carboxylic acids is 1. The Kier molecular flexibility index (Phi) is 3.41. The average molecular weight is 315 g/mol. The highest BCUT2D eigenvalue weighted by molar-refractivity contribution is 8.01. The molecule has 1 saturated heterocycles. The van der Waals surface area contributed by atoms with Crippen LogP contribution in [0.1, 0.15) is 36.2 Å². The van der Waals surface area contributed by atoms with Crippen molar-refractivity contribution >= 4 is 17.7 Å². The van der Waals surface area contributed by atoms with Crippen molar-refractivity contribution in [2.75, 3.05) is 6.54 Å². The molecule has 0 N–H and O–H groups in total. The zero-order valence-corrected chi connectivity index (χ0v) is 13.2. The van der Waals surface area contributed by atoms with E-state index >= 15 is 0 Å². The van der Waals surface area contributed by atoms with Crippen LogP contribution in [0.3, 0.4) is 0 Å². The van der Waals surface area contributed by atoms with Crippen molar-refractivity contribution in [3.05, 3.63) is 41.5 Å². The molecule has 2 atom stereocenters. The summed E-state index contributed by atoms with van der Waals surface area (Å²) in [6.07, 6.45) is 2.72. The van der Waals surface area contributed by atoms with Crippen LogP contribution in [0.5, 0.6) is 0 Å². The molecule has 1 aromatic heterocycles. The van der Waals surface area contributed by atoms with Crippen LogP contribution in [0.2, 0.25) is 0 Å². The third-order valence-electron chi connectivity index (χ3n) is 4.30. The Labute approximate surface area is 133 Å². The highest BCUT2D eigenvalue weighted by atomic mass is 32.2. The molecular formula is C16H17N3O2S. The monoisotopic (exact) mass is 315 g/mol. The molecule has 0 saturated carbocycles. The lowest BCUT2D eigenvalue weighted by Gasteiger charge is -2.24. The number of rotatable bonds is 2. The quantitative estimate of drug-likeness (QED) is 0.853. The lowest BCUT2D eigenvalue weighted by molar-refractivity contribution is -0.131. The predicted molar refractivity (Wildman–Crippen MR) is 82.5 cm³/mol. The van der Waals surface area contributed by atoms with Crippen molar-refractivity contribution in [1.82, 2.24) is 15.0 Å². The molecular weight excluding hydrogens is 298 g/mol. The zero-order valence-electron chi connectivity index (χ0n) is 12.4. The van der Waals surface area contributed by atoms with Crippen LogP contribution in [-0.2, 0) is 11.2 Å².